The predicted molar refractivity (Wildman–Crippen MR) is 75.6 cm³/mol. The topological polar surface area (TPSA) is 49.4 Å². The molecule has 0 saturated carbocycles. The Labute approximate surface area is 114 Å². The first-order valence-corrected chi connectivity index (χ1v) is 8.01. The summed E-state index contributed by atoms with van der Waals surface area (Å²) >= 11 is 1.80. The second-order valence-corrected chi connectivity index (χ2v) is 5.95. The van der Waals surface area contributed by atoms with Crippen LogP contribution in [0, 0.1) is 0 Å². The number of imide groups is 1. The van der Waals surface area contributed by atoms with Crippen molar-refractivity contribution in [2.75, 3.05) is 12.0 Å². The minimum absolute atomic E-state index is 0.0123. The van der Waals surface area contributed by atoms with Crippen LogP contribution >= 0.6 is 11.8 Å². The molecule has 1 N–H and O–H groups in total. The van der Waals surface area contributed by atoms with Gasteiger partial charge in [-0.25, -0.2) is 0 Å². The Morgan fingerprint density at radius 1 is 1.44 bits per heavy atom. The molecule has 0 aromatic carbocycles. The molecule has 1 aliphatic rings. The van der Waals surface area contributed by atoms with E-state index in [-0.39, 0.29) is 29.9 Å². The Hall–Kier alpha value is -0.550. The Bertz CT molecular complexity index is 309. The summed E-state index contributed by atoms with van der Waals surface area (Å²) in [6.07, 6.45) is 4.21. The lowest BCUT2D eigenvalue weighted by Crippen LogP contribution is -2.45. The van der Waals surface area contributed by atoms with E-state index in [1.807, 2.05) is 13.8 Å². The molecule has 0 radical (unpaired) electrons. The Morgan fingerprint density at radius 2 is 2.11 bits per heavy atom. The van der Waals surface area contributed by atoms with Crippen molar-refractivity contribution in [1.82, 2.24) is 10.2 Å². The molecule has 1 aliphatic heterocycles. The van der Waals surface area contributed by atoms with Crippen molar-refractivity contribution in [3.8, 4) is 0 Å². The zero-order valence-electron chi connectivity index (χ0n) is 11.7. The monoisotopic (exact) mass is 272 g/mol. The van der Waals surface area contributed by atoms with Gasteiger partial charge in [0.05, 0.1) is 12.5 Å². The molecule has 2 amide bonds. The third-order valence-electron chi connectivity index (χ3n) is 3.46. The number of hydrogen-bond donors (Lipinski definition) is 1. The number of amides is 2. The zero-order valence-corrected chi connectivity index (χ0v) is 12.5. The normalized spacial score (nSPS) is 23.6. The van der Waals surface area contributed by atoms with E-state index in [0.717, 1.165) is 18.6 Å². The van der Waals surface area contributed by atoms with E-state index in [4.69, 9.17) is 0 Å². The highest BCUT2D eigenvalue weighted by Gasteiger charge is 2.40. The average Bonchev–Trinajstić information content (AvgIpc) is 2.61. The molecule has 104 valence electrons. The quantitative estimate of drug-likeness (QED) is 0.716. The fraction of sp³-hybridized carbons (Fsp3) is 0.846. The maximum atomic E-state index is 12.2. The van der Waals surface area contributed by atoms with Gasteiger partial charge in [-0.1, -0.05) is 6.92 Å². The van der Waals surface area contributed by atoms with Gasteiger partial charge in [-0.3, -0.25) is 14.5 Å². The van der Waals surface area contributed by atoms with Crippen molar-refractivity contribution in [2.45, 2.75) is 58.2 Å². The predicted octanol–water partition coefficient (Wildman–Crippen LogP) is 1.64. The number of carbonyl (C=O) groups excluding carboxylic acids is 2. The minimum atomic E-state index is -0.316. The van der Waals surface area contributed by atoms with E-state index in [2.05, 4.69) is 18.5 Å². The van der Waals surface area contributed by atoms with Gasteiger partial charge in [0.1, 0.15) is 0 Å². The molecular weight excluding hydrogens is 248 g/mol. The molecule has 3 unspecified atom stereocenters. The highest BCUT2D eigenvalue weighted by molar-refractivity contribution is 7.98. The second-order valence-electron chi connectivity index (χ2n) is 4.97. The summed E-state index contributed by atoms with van der Waals surface area (Å²) in [4.78, 5) is 25.4. The lowest BCUT2D eigenvalue weighted by molar-refractivity contribution is -0.141. The maximum Gasteiger partial charge on any atom is 0.247 e. The van der Waals surface area contributed by atoms with Gasteiger partial charge in [-0.2, -0.15) is 11.8 Å². The largest absolute Gasteiger partial charge is 0.303 e. The molecule has 18 heavy (non-hydrogen) atoms. The molecule has 5 heteroatoms. The summed E-state index contributed by atoms with van der Waals surface area (Å²) in [5.41, 5.74) is 0. The fourth-order valence-corrected chi connectivity index (χ4v) is 2.74. The number of nitrogens with zero attached hydrogens (tertiary/aromatic N) is 1. The summed E-state index contributed by atoms with van der Waals surface area (Å²) in [5.74, 6) is 0.979. The van der Waals surface area contributed by atoms with Crippen LogP contribution in [0.25, 0.3) is 0 Å². The molecule has 3 atom stereocenters. The molecule has 0 bridgehead atoms. The molecule has 0 spiro atoms. The van der Waals surface area contributed by atoms with Crippen LogP contribution in [0.5, 0.6) is 0 Å². The van der Waals surface area contributed by atoms with Gasteiger partial charge in [0.2, 0.25) is 11.8 Å². The maximum absolute atomic E-state index is 12.2. The van der Waals surface area contributed by atoms with E-state index < -0.39 is 0 Å². The van der Waals surface area contributed by atoms with Crippen LogP contribution in [0.15, 0.2) is 0 Å². The first-order valence-electron chi connectivity index (χ1n) is 6.62. The Kier molecular flexibility index (Phi) is 6.15. The molecule has 0 aliphatic carbocycles. The first-order chi connectivity index (χ1) is 8.51. The molecular formula is C13H24N2O2S. The van der Waals surface area contributed by atoms with E-state index in [0.29, 0.717) is 6.42 Å². The van der Waals surface area contributed by atoms with E-state index in [9.17, 15) is 9.59 Å². The van der Waals surface area contributed by atoms with Gasteiger partial charge in [0.15, 0.2) is 0 Å². The van der Waals surface area contributed by atoms with Crippen LogP contribution in [0.3, 0.4) is 0 Å². The second kappa shape index (κ2) is 7.14. The van der Waals surface area contributed by atoms with Crippen LogP contribution in [0.2, 0.25) is 0 Å². The molecule has 1 heterocycles. The van der Waals surface area contributed by atoms with Crippen molar-refractivity contribution in [1.29, 1.82) is 0 Å². The molecule has 0 aromatic rings. The van der Waals surface area contributed by atoms with Gasteiger partial charge in [0.25, 0.3) is 0 Å². The number of likely N-dealkylation sites (tertiary alicyclic amines) is 1. The van der Waals surface area contributed by atoms with Gasteiger partial charge < -0.3 is 5.32 Å². The molecule has 0 aromatic heterocycles. The third kappa shape index (κ3) is 3.72. The zero-order chi connectivity index (χ0) is 13.7. The lowest BCUT2D eigenvalue weighted by Gasteiger charge is -2.22. The van der Waals surface area contributed by atoms with Crippen molar-refractivity contribution >= 4 is 23.6 Å². The highest BCUT2D eigenvalue weighted by Crippen LogP contribution is 2.18. The summed E-state index contributed by atoms with van der Waals surface area (Å²) in [7, 11) is 0. The van der Waals surface area contributed by atoms with Gasteiger partial charge in [-0.15, -0.1) is 0 Å². The Balaban J connectivity index is 2.55. The van der Waals surface area contributed by atoms with Crippen LogP contribution in [0.1, 0.15) is 40.0 Å². The number of rotatable bonds is 7. The lowest BCUT2D eigenvalue weighted by atomic mass is 10.2. The SMILES string of the molecule is CCC(C)N1C(=O)CC(NC(C)CCSC)C1=O. The third-order valence-corrected chi connectivity index (χ3v) is 4.10. The highest BCUT2D eigenvalue weighted by atomic mass is 32.2. The van der Waals surface area contributed by atoms with E-state index in [1.165, 1.54) is 4.90 Å². The summed E-state index contributed by atoms with van der Waals surface area (Å²) in [5, 5.41) is 3.28. The van der Waals surface area contributed by atoms with Gasteiger partial charge in [-0.05, 0) is 38.7 Å². The summed E-state index contributed by atoms with van der Waals surface area (Å²) in [6.45, 7) is 5.99. The van der Waals surface area contributed by atoms with Crippen LogP contribution in [-0.4, -0.2) is 46.8 Å². The number of thioether (sulfide) groups is 1. The van der Waals surface area contributed by atoms with Gasteiger partial charge >= 0.3 is 0 Å². The average molecular weight is 272 g/mol. The molecule has 1 saturated heterocycles. The Morgan fingerprint density at radius 3 is 2.67 bits per heavy atom. The first kappa shape index (κ1) is 15.5. The smallest absolute Gasteiger partial charge is 0.247 e. The number of nitrogens with one attached hydrogen (secondary N) is 1. The van der Waals surface area contributed by atoms with Crippen molar-refractivity contribution in [2.24, 2.45) is 0 Å². The number of hydrogen-bond acceptors (Lipinski definition) is 4. The molecule has 1 fully saturated rings. The van der Waals surface area contributed by atoms with Crippen LogP contribution < -0.4 is 5.32 Å². The van der Waals surface area contributed by atoms with Gasteiger partial charge in [0, 0.05) is 12.1 Å². The summed E-state index contributed by atoms with van der Waals surface area (Å²) in [6, 6.07) is -0.0299. The van der Waals surface area contributed by atoms with E-state index in [1.54, 1.807) is 11.8 Å². The van der Waals surface area contributed by atoms with E-state index >= 15 is 0 Å². The summed E-state index contributed by atoms with van der Waals surface area (Å²) < 4.78 is 0. The standard InChI is InChI=1S/C13H24N2O2S/c1-5-10(3)15-12(16)8-11(13(15)17)14-9(2)6-7-18-4/h9-11,14H,5-8H2,1-4H3. The van der Waals surface area contributed by atoms with Crippen molar-refractivity contribution in [3.05, 3.63) is 0 Å². The van der Waals surface area contributed by atoms with Crippen molar-refractivity contribution < 1.29 is 9.59 Å². The van der Waals surface area contributed by atoms with Crippen molar-refractivity contribution in [3.63, 3.8) is 0 Å². The molecule has 4 nitrogen and oxygen atoms in total. The van der Waals surface area contributed by atoms with Crippen LogP contribution in [-0.2, 0) is 9.59 Å². The number of carbonyl (C=O) groups is 2. The molecule has 1 rings (SSSR count). The fourth-order valence-electron chi connectivity index (χ4n) is 2.15. The minimum Gasteiger partial charge on any atom is -0.303 e. The van der Waals surface area contributed by atoms with Crippen LogP contribution in [0.4, 0.5) is 0 Å².